The van der Waals surface area contributed by atoms with Crippen LogP contribution in [0.4, 0.5) is 5.69 Å². The van der Waals surface area contributed by atoms with Gasteiger partial charge in [0, 0.05) is 18.6 Å². The van der Waals surface area contributed by atoms with E-state index >= 15 is 0 Å². The Kier molecular flexibility index (Phi) is 9.77. The molecule has 2 amide bonds. The molecular formula is C28H32ClN3O5S. The monoisotopic (exact) mass is 557 g/mol. The lowest BCUT2D eigenvalue weighted by atomic mass is 10.1. The number of ether oxygens (including phenoxy) is 1. The predicted octanol–water partition coefficient (Wildman–Crippen LogP) is 4.41. The first-order chi connectivity index (χ1) is 18.1. The fourth-order valence-corrected chi connectivity index (χ4v) is 5.44. The summed E-state index contributed by atoms with van der Waals surface area (Å²) in [7, 11) is -2.68. The number of halogens is 1. The Labute approximate surface area is 229 Å². The molecular weight excluding hydrogens is 526 g/mol. The highest BCUT2D eigenvalue weighted by Gasteiger charge is 2.32. The molecule has 3 aromatic carbocycles. The Hall–Kier alpha value is -3.56. The maximum atomic E-state index is 13.8. The van der Waals surface area contributed by atoms with E-state index in [1.54, 1.807) is 31.2 Å². The summed E-state index contributed by atoms with van der Waals surface area (Å²) in [5.41, 5.74) is 2.08. The maximum Gasteiger partial charge on any atom is 0.264 e. The standard InChI is InChI=1S/C28H32ClN3O5S/c1-5-37-25-14-12-24(13-15-25)32(38(35,36)26-16-10-23(29)11-17-26)19-27(33)31(21(3)28(34)30-4)18-22-9-7-6-8-20(22)2/h6-17,21H,5,18-19H2,1-4H3,(H,30,34)/t21-/m0/s1. The molecule has 3 aromatic rings. The molecule has 0 unspecified atom stereocenters. The van der Waals surface area contributed by atoms with Crippen molar-refractivity contribution in [2.75, 3.05) is 24.5 Å². The summed E-state index contributed by atoms with van der Waals surface area (Å²) in [6.45, 7) is 5.45. The number of carbonyl (C=O) groups excluding carboxylic acids is 2. The summed E-state index contributed by atoms with van der Waals surface area (Å²) in [6.07, 6.45) is 0. The second-order valence-electron chi connectivity index (χ2n) is 8.63. The summed E-state index contributed by atoms with van der Waals surface area (Å²) in [5, 5.41) is 2.96. The fourth-order valence-electron chi connectivity index (χ4n) is 3.90. The van der Waals surface area contributed by atoms with E-state index in [4.69, 9.17) is 16.3 Å². The van der Waals surface area contributed by atoms with Gasteiger partial charge in [0.05, 0.1) is 17.2 Å². The van der Waals surface area contributed by atoms with Crippen LogP contribution in [0.1, 0.15) is 25.0 Å². The number of nitrogens with zero attached hydrogens (tertiary/aromatic N) is 2. The van der Waals surface area contributed by atoms with Crippen molar-refractivity contribution in [3.8, 4) is 5.75 Å². The number of hydrogen-bond donors (Lipinski definition) is 1. The molecule has 0 saturated heterocycles. The minimum atomic E-state index is -4.17. The van der Waals surface area contributed by atoms with E-state index < -0.39 is 28.5 Å². The highest BCUT2D eigenvalue weighted by Crippen LogP contribution is 2.27. The number of amides is 2. The third-order valence-corrected chi connectivity index (χ3v) is 8.17. The molecule has 0 bridgehead atoms. The van der Waals surface area contributed by atoms with Crippen molar-refractivity contribution in [1.29, 1.82) is 0 Å². The molecule has 10 heteroatoms. The molecule has 0 fully saturated rings. The Morgan fingerprint density at radius 3 is 2.21 bits per heavy atom. The second kappa shape index (κ2) is 12.8. The van der Waals surface area contributed by atoms with Gasteiger partial charge in [0.1, 0.15) is 18.3 Å². The van der Waals surface area contributed by atoms with Crippen LogP contribution in [0.2, 0.25) is 5.02 Å². The minimum absolute atomic E-state index is 0.0200. The van der Waals surface area contributed by atoms with Gasteiger partial charge in [-0.2, -0.15) is 0 Å². The van der Waals surface area contributed by atoms with Crippen LogP contribution in [-0.4, -0.2) is 51.4 Å². The number of nitrogens with one attached hydrogen (secondary N) is 1. The lowest BCUT2D eigenvalue weighted by molar-refractivity contribution is -0.139. The van der Waals surface area contributed by atoms with E-state index in [2.05, 4.69) is 5.32 Å². The van der Waals surface area contributed by atoms with E-state index in [0.29, 0.717) is 17.4 Å². The number of sulfonamides is 1. The van der Waals surface area contributed by atoms with Crippen LogP contribution >= 0.6 is 11.6 Å². The lowest BCUT2D eigenvalue weighted by Gasteiger charge is -2.32. The number of rotatable bonds is 11. The number of aryl methyl sites for hydroxylation is 1. The van der Waals surface area contributed by atoms with Crippen molar-refractivity contribution < 1.29 is 22.7 Å². The lowest BCUT2D eigenvalue weighted by Crippen LogP contribution is -2.50. The molecule has 3 rings (SSSR count). The number of anilines is 1. The molecule has 8 nitrogen and oxygen atoms in total. The first-order valence-corrected chi connectivity index (χ1v) is 14.0. The highest BCUT2D eigenvalue weighted by molar-refractivity contribution is 7.92. The average Bonchev–Trinajstić information content (AvgIpc) is 2.91. The van der Waals surface area contributed by atoms with E-state index in [0.717, 1.165) is 15.4 Å². The van der Waals surface area contributed by atoms with Crippen molar-refractivity contribution >= 4 is 39.1 Å². The van der Waals surface area contributed by atoms with Crippen LogP contribution in [0.3, 0.4) is 0 Å². The van der Waals surface area contributed by atoms with Crippen molar-refractivity contribution in [3.63, 3.8) is 0 Å². The Balaban J connectivity index is 2.04. The van der Waals surface area contributed by atoms with Crippen molar-refractivity contribution in [2.24, 2.45) is 0 Å². The van der Waals surface area contributed by atoms with Gasteiger partial charge in [0.15, 0.2) is 0 Å². The van der Waals surface area contributed by atoms with Crippen LogP contribution in [-0.2, 0) is 26.2 Å². The van der Waals surface area contributed by atoms with Gasteiger partial charge < -0.3 is 15.0 Å². The van der Waals surface area contributed by atoms with Gasteiger partial charge in [-0.1, -0.05) is 35.9 Å². The van der Waals surface area contributed by atoms with Gasteiger partial charge in [-0.15, -0.1) is 0 Å². The molecule has 0 radical (unpaired) electrons. The number of carbonyl (C=O) groups is 2. The van der Waals surface area contributed by atoms with Crippen LogP contribution in [0.15, 0.2) is 77.7 Å². The van der Waals surface area contributed by atoms with Gasteiger partial charge >= 0.3 is 0 Å². The van der Waals surface area contributed by atoms with Crippen LogP contribution in [0.25, 0.3) is 0 Å². The predicted molar refractivity (Wildman–Crippen MR) is 149 cm³/mol. The summed E-state index contributed by atoms with van der Waals surface area (Å²) in [6, 6.07) is 18.9. The van der Waals surface area contributed by atoms with Crippen LogP contribution in [0, 0.1) is 6.92 Å². The van der Waals surface area contributed by atoms with E-state index in [1.807, 2.05) is 38.1 Å². The molecule has 38 heavy (non-hydrogen) atoms. The molecule has 0 aliphatic carbocycles. The Morgan fingerprint density at radius 2 is 1.63 bits per heavy atom. The second-order valence-corrected chi connectivity index (χ2v) is 10.9. The topological polar surface area (TPSA) is 96.0 Å². The maximum absolute atomic E-state index is 13.8. The summed E-state index contributed by atoms with van der Waals surface area (Å²) in [4.78, 5) is 27.7. The molecule has 0 aliphatic rings. The van der Waals surface area contributed by atoms with Gasteiger partial charge in [-0.3, -0.25) is 13.9 Å². The molecule has 0 heterocycles. The third kappa shape index (κ3) is 6.85. The third-order valence-electron chi connectivity index (χ3n) is 6.13. The zero-order valence-electron chi connectivity index (χ0n) is 21.8. The highest BCUT2D eigenvalue weighted by atomic mass is 35.5. The average molecular weight is 558 g/mol. The van der Waals surface area contributed by atoms with E-state index in [1.165, 1.54) is 36.2 Å². The van der Waals surface area contributed by atoms with Gasteiger partial charge in [-0.05, 0) is 80.4 Å². The normalized spacial score (nSPS) is 11.9. The first kappa shape index (κ1) is 29.0. The smallest absolute Gasteiger partial charge is 0.264 e. The molecule has 0 spiro atoms. The van der Waals surface area contributed by atoms with E-state index in [9.17, 15) is 18.0 Å². The molecule has 0 aliphatic heterocycles. The molecule has 0 saturated carbocycles. The van der Waals surface area contributed by atoms with Gasteiger partial charge in [0.2, 0.25) is 11.8 Å². The zero-order chi connectivity index (χ0) is 27.9. The molecule has 1 atom stereocenters. The van der Waals surface area contributed by atoms with Crippen LogP contribution < -0.4 is 14.4 Å². The number of likely N-dealkylation sites (N-methyl/N-ethyl adjacent to an activating group) is 1. The first-order valence-electron chi connectivity index (χ1n) is 12.1. The van der Waals surface area contributed by atoms with E-state index in [-0.39, 0.29) is 23.0 Å². The van der Waals surface area contributed by atoms with Gasteiger partial charge in [-0.25, -0.2) is 8.42 Å². The SMILES string of the molecule is CCOc1ccc(N(CC(=O)N(Cc2ccccc2C)[C@@H](C)C(=O)NC)S(=O)(=O)c2ccc(Cl)cc2)cc1. The fraction of sp³-hybridized carbons (Fsp3) is 0.286. The summed E-state index contributed by atoms with van der Waals surface area (Å²) >= 11 is 5.98. The summed E-state index contributed by atoms with van der Waals surface area (Å²) < 4.78 is 34.1. The quantitative estimate of drug-likeness (QED) is 0.377. The van der Waals surface area contributed by atoms with Crippen LogP contribution in [0.5, 0.6) is 5.75 Å². The molecule has 202 valence electrons. The molecule has 0 aromatic heterocycles. The Bertz CT molecular complexity index is 1360. The number of hydrogen-bond acceptors (Lipinski definition) is 5. The van der Waals surface area contributed by atoms with Crippen molar-refractivity contribution in [3.05, 3.63) is 88.9 Å². The molecule has 1 N–H and O–H groups in total. The zero-order valence-corrected chi connectivity index (χ0v) is 23.4. The minimum Gasteiger partial charge on any atom is -0.494 e. The number of benzene rings is 3. The van der Waals surface area contributed by atoms with Gasteiger partial charge in [0.25, 0.3) is 10.0 Å². The largest absolute Gasteiger partial charge is 0.494 e. The summed E-state index contributed by atoms with van der Waals surface area (Å²) in [5.74, 6) is -0.322. The van der Waals surface area contributed by atoms with Crippen molar-refractivity contribution in [1.82, 2.24) is 10.2 Å². The van der Waals surface area contributed by atoms with Crippen molar-refractivity contribution in [2.45, 2.75) is 38.3 Å². The Morgan fingerprint density at radius 1 is 1.00 bits per heavy atom.